The van der Waals surface area contributed by atoms with E-state index < -0.39 is 0 Å². The van der Waals surface area contributed by atoms with Gasteiger partial charge < -0.3 is 10.2 Å². The van der Waals surface area contributed by atoms with Crippen molar-refractivity contribution in [3.8, 4) is 0 Å². The molecular weight excluding hydrogens is 196 g/mol. The van der Waals surface area contributed by atoms with Crippen molar-refractivity contribution in [3.63, 3.8) is 0 Å². The Morgan fingerprint density at radius 3 is 2.75 bits per heavy atom. The molecule has 0 aliphatic carbocycles. The van der Waals surface area contributed by atoms with Crippen LogP contribution in [0.4, 0.5) is 5.69 Å². The van der Waals surface area contributed by atoms with E-state index in [-0.39, 0.29) is 0 Å². The van der Waals surface area contributed by atoms with Crippen molar-refractivity contribution in [2.24, 2.45) is 5.92 Å². The molecule has 1 aromatic carbocycles. The molecule has 88 valence electrons. The van der Waals surface area contributed by atoms with E-state index in [9.17, 15) is 0 Å². The molecule has 2 heteroatoms. The van der Waals surface area contributed by atoms with Gasteiger partial charge in [-0.05, 0) is 50.9 Å². The average Bonchev–Trinajstić information content (AvgIpc) is 2.38. The van der Waals surface area contributed by atoms with Crippen molar-refractivity contribution in [2.45, 2.75) is 19.8 Å². The molecule has 0 saturated carbocycles. The quantitative estimate of drug-likeness (QED) is 0.835. The predicted molar refractivity (Wildman–Crippen MR) is 69.9 cm³/mol. The highest BCUT2D eigenvalue weighted by atomic mass is 15.1. The SMILES string of the molecule is CCN(CC1CCCNC1)c1ccccc1. The molecule has 2 rings (SSSR count). The van der Waals surface area contributed by atoms with Gasteiger partial charge in [-0.25, -0.2) is 0 Å². The number of nitrogens with zero attached hydrogens (tertiary/aromatic N) is 1. The molecule has 0 spiro atoms. The number of nitrogens with one attached hydrogen (secondary N) is 1. The number of hydrogen-bond acceptors (Lipinski definition) is 2. The number of piperidine rings is 1. The van der Waals surface area contributed by atoms with E-state index in [1.807, 2.05) is 0 Å². The lowest BCUT2D eigenvalue weighted by molar-refractivity contribution is 0.378. The fourth-order valence-electron chi connectivity index (χ4n) is 2.45. The summed E-state index contributed by atoms with van der Waals surface area (Å²) < 4.78 is 0. The highest BCUT2D eigenvalue weighted by Crippen LogP contribution is 2.18. The van der Waals surface area contributed by atoms with Gasteiger partial charge in [-0.2, -0.15) is 0 Å². The summed E-state index contributed by atoms with van der Waals surface area (Å²) in [5.41, 5.74) is 1.36. The molecule has 1 aromatic rings. The van der Waals surface area contributed by atoms with Gasteiger partial charge >= 0.3 is 0 Å². The van der Waals surface area contributed by atoms with Gasteiger partial charge in [0.2, 0.25) is 0 Å². The smallest absolute Gasteiger partial charge is 0.0366 e. The van der Waals surface area contributed by atoms with Crippen LogP contribution in [-0.4, -0.2) is 26.2 Å². The van der Waals surface area contributed by atoms with Crippen molar-refractivity contribution < 1.29 is 0 Å². The Morgan fingerprint density at radius 2 is 2.12 bits per heavy atom. The third kappa shape index (κ3) is 2.99. The number of para-hydroxylation sites is 1. The molecule has 1 atom stereocenters. The zero-order valence-corrected chi connectivity index (χ0v) is 10.2. The van der Waals surface area contributed by atoms with Crippen LogP contribution in [0.3, 0.4) is 0 Å². The first-order chi connectivity index (χ1) is 7.90. The Morgan fingerprint density at radius 1 is 1.31 bits per heavy atom. The van der Waals surface area contributed by atoms with Crippen LogP contribution in [0.1, 0.15) is 19.8 Å². The van der Waals surface area contributed by atoms with Gasteiger partial charge in [0.15, 0.2) is 0 Å². The molecule has 1 unspecified atom stereocenters. The second kappa shape index (κ2) is 5.90. The summed E-state index contributed by atoms with van der Waals surface area (Å²) in [7, 11) is 0. The lowest BCUT2D eigenvalue weighted by Gasteiger charge is -2.30. The summed E-state index contributed by atoms with van der Waals surface area (Å²) in [6.45, 7) is 6.91. The van der Waals surface area contributed by atoms with Gasteiger partial charge in [-0.15, -0.1) is 0 Å². The summed E-state index contributed by atoms with van der Waals surface area (Å²) in [6.07, 6.45) is 2.70. The molecule has 1 N–H and O–H groups in total. The minimum atomic E-state index is 0.814. The maximum absolute atomic E-state index is 3.49. The third-order valence-corrected chi connectivity index (χ3v) is 3.38. The zero-order chi connectivity index (χ0) is 11.2. The van der Waals surface area contributed by atoms with Crippen LogP contribution in [-0.2, 0) is 0 Å². The zero-order valence-electron chi connectivity index (χ0n) is 10.2. The van der Waals surface area contributed by atoms with Gasteiger partial charge in [0.05, 0.1) is 0 Å². The largest absolute Gasteiger partial charge is 0.371 e. The molecule has 0 aromatic heterocycles. The number of benzene rings is 1. The first kappa shape index (κ1) is 11.5. The van der Waals surface area contributed by atoms with E-state index >= 15 is 0 Å². The summed E-state index contributed by atoms with van der Waals surface area (Å²) in [4.78, 5) is 2.48. The minimum absolute atomic E-state index is 0.814. The van der Waals surface area contributed by atoms with E-state index in [0.29, 0.717) is 0 Å². The molecule has 1 aliphatic rings. The van der Waals surface area contributed by atoms with Crippen molar-refractivity contribution in [2.75, 3.05) is 31.1 Å². The summed E-state index contributed by atoms with van der Waals surface area (Å²) in [5.74, 6) is 0.814. The Labute approximate surface area is 98.7 Å². The van der Waals surface area contributed by atoms with Crippen LogP contribution in [0.2, 0.25) is 0 Å². The van der Waals surface area contributed by atoms with E-state index in [1.54, 1.807) is 0 Å². The van der Waals surface area contributed by atoms with Crippen LogP contribution in [0.25, 0.3) is 0 Å². The predicted octanol–water partition coefficient (Wildman–Crippen LogP) is 2.51. The summed E-state index contributed by atoms with van der Waals surface area (Å²) in [5, 5.41) is 3.49. The highest BCUT2D eigenvalue weighted by molar-refractivity contribution is 5.45. The topological polar surface area (TPSA) is 15.3 Å². The Kier molecular flexibility index (Phi) is 4.23. The van der Waals surface area contributed by atoms with Crippen LogP contribution < -0.4 is 10.2 Å². The maximum Gasteiger partial charge on any atom is 0.0366 e. The molecule has 1 saturated heterocycles. The van der Waals surface area contributed by atoms with Gasteiger partial charge in [-0.1, -0.05) is 18.2 Å². The molecule has 1 heterocycles. The number of hydrogen-bond donors (Lipinski definition) is 1. The third-order valence-electron chi connectivity index (χ3n) is 3.38. The highest BCUT2D eigenvalue weighted by Gasteiger charge is 2.16. The van der Waals surface area contributed by atoms with Crippen LogP contribution in [0.15, 0.2) is 30.3 Å². The lowest BCUT2D eigenvalue weighted by atomic mass is 9.99. The average molecular weight is 218 g/mol. The van der Waals surface area contributed by atoms with Crippen molar-refractivity contribution in [1.29, 1.82) is 0 Å². The normalized spacial score (nSPS) is 20.7. The van der Waals surface area contributed by atoms with Crippen LogP contribution in [0.5, 0.6) is 0 Å². The second-order valence-electron chi connectivity index (χ2n) is 4.59. The monoisotopic (exact) mass is 218 g/mol. The number of rotatable bonds is 4. The maximum atomic E-state index is 3.49. The Bertz CT molecular complexity index is 291. The molecule has 1 fully saturated rings. The lowest BCUT2D eigenvalue weighted by Crippen LogP contribution is -2.38. The fraction of sp³-hybridized carbons (Fsp3) is 0.571. The molecule has 2 nitrogen and oxygen atoms in total. The van der Waals surface area contributed by atoms with Gasteiger partial charge in [0.25, 0.3) is 0 Å². The van der Waals surface area contributed by atoms with E-state index in [0.717, 1.165) is 12.5 Å². The van der Waals surface area contributed by atoms with E-state index in [4.69, 9.17) is 0 Å². The molecule has 0 bridgehead atoms. The minimum Gasteiger partial charge on any atom is -0.371 e. The van der Waals surface area contributed by atoms with E-state index in [2.05, 4.69) is 47.5 Å². The van der Waals surface area contributed by atoms with Gasteiger partial charge in [0.1, 0.15) is 0 Å². The fourth-order valence-corrected chi connectivity index (χ4v) is 2.45. The molecule has 16 heavy (non-hydrogen) atoms. The Hall–Kier alpha value is -1.02. The number of anilines is 1. The standard InChI is InChI=1S/C14H22N2/c1-2-16(14-8-4-3-5-9-14)12-13-7-6-10-15-11-13/h3-5,8-9,13,15H,2,6-7,10-12H2,1H3. The van der Waals surface area contributed by atoms with Gasteiger partial charge in [-0.3, -0.25) is 0 Å². The molecule has 1 aliphatic heterocycles. The van der Waals surface area contributed by atoms with Crippen molar-refractivity contribution in [3.05, 3.63) is 30.3 Å². The summed E-state index contributed by atoms with van der Waals surface area (Å²) >= 11 is 0. The van der Waals surface area contributed by atoms with Crippen LogP contribution >= 0.6 is 0 Å². The molecular formula is C14H22N2. The van der Waals surface area contributed by atoms with E-state index in [1.165, 1.54) is 38.2 Å². The first-order valence-electron chi connectivity index (χ1n) is 6.41. The molecule has 0 amide bonds. The molecule has 0 radical (unpaired) electrons. The summed E-state index contributed by atoms with van der Waals surface area (Å²) in [6, 6.07) is 10.7. The van der Waals surface area contributed by atoms with Crippen molar-refractivity contribution in [1.82, 2.24) is 5.32 Å². The Balaban J connectivity index is 1.94. The first-order valence-corrected chi connectivity index (χ1v) is 6.41. The van der Waals surface area contributed by atoms with Crippen molar-refractivity contribution >= 4 is 5.69 Å². The van der Waals surface area contributed by atoms with Gasteiger partial charge in [0, 0.05) is 18.8 Å². The second-order valence-corrected chi connectivity index (χ2v) is 4.59. The van der Waals surface area contributed by atoms with Crippen LogP contribution in [0, 0.1) is 5.92 Å².